The Morgan fingerprint density at radius 3 is 2.61 bits per heavy atom. The predicted molar refractivity (Wildman–Crippen MR) is 72.3 cm³/mol. The minimum atomic E-state index is -0.719. The van der Waals surface area contributed by atoms with E-state index in [1.54, 1.807) is 10.9 Å². The van der Waals surface area contributed by atoms with Crippen LogP contribution in [0.1, 0.15) is 37.0 Å². The summed E-state index contributed by atoms with van der Waals surface area (Å²) in [7, 11) is 0. The van der Waals surface area contributed by atoms with Crippen molar-refractivity contribution in [3.63, 3.8) is 0 Å². The van der Waals surface area contributed by atoms with Gasteiger partial charge in [-0.3, -0.25) is 9.36 Å². The molecule has 2 aromatic rings. The number of hydrogen-bond donors (Lipinski definition) is 1. The molecule has 0 spiro atoms. The largest absolute Gasteiger partial charge is 0.380 e. The highest BCUT2D eigenvalue weighted by Gasteiger charge is 2.22. The molecule has 5 nitrogen and oxygen atoms in total. The first-order valence-corrected chi connectivity index (χ1v) is 6.81. The Morgan fingerprint density at radius 1 is 1.33 bits per heavy atom. The molecule has 6 heteroatoms. The molecule has 0 saturated carbocycles. The number of halogens is 1. The lowest BCUT2D eigenvalue weighted by Gasteiger charge is -2.14. The van der Waals surface area contributed by atoms with E-state index in [1.807, 2.05) is 31.5 Å². The predicted octanol–water partition coefficient (Wildman–Crippen LogP) is 2.27. The first-order valence-electron chi connectivity index (χ1n) is 6.02. The summed E-state index contributed by atoms with van der Waals surface area (Å²) in [6.07, 6.45) is 0.990. The van der Waals surface area contributed by atoms with Crippen molar-refractivity contribution in [2.24, 2.45) is 0 Å². The zero-order valence-electron chi connectivity index (χ0n) is 10.8. The lowest BCUT2D eigenvalue weighted by molar-refractivity contribution is 0.195. The summed E-state index contributed by atoms with van der Waals surface area (Å²) in [5.41, 5.74) is 2.47. The summed E-state index contributed by atoms with van der Waals surface area (Å²) in [6.45, 7) is 7.39. The topological polar surface area (TPSA) is 55.9 Å². The Balaban J connectivity index is 2.46. The molecule has 98 valence electrons. The molecule has 2 rings (SSSR count). The molecule has 2 aromatic heterocycles. The molecule has 1 N–H and O–H groups in total. The molecule has 0 radical (unpaired) electrons. The van der Waals surface area contributed by atoms with Crippen molar-refractivity contribution in [2.75, 3.05) is 0 Å². The number of rotatable bonds is 4. The molecule has 0 aromatic carbocycles. The van der Waals surface area contributed by atoms with Gasteiger partial charge in [0.05, 0.1) is 27.8 Å². The quantitative estimate of drug-likeness (QED) is 0.942. The van der Waals surface area contributed by atoms with Crippen LogP contribution in [0.25, 0.3) is 0 Å². The Kier molecular flexibility index (Phi) is 3.87. The molecule has 1 atom stereocenters. The molecular formula is C12H17BrN4O. The second kappa shape index (κ2) is 5.24. The number of nitrogens with zero attached hydrogens (tertiary/aromatic N) is 4. The van der Waals surface area contributed by atoms with Crippen molar-refractivity contribution < 1.29 is 5.11 Å². The van der Waals surface area contributed by atoms with Crippen LogP contribution < -0.4 is 0 Å². The van der Waals surface area contributed by atoms with E-state index in [2.05, 4.69) is 26.1 Å². The maximum Gasteiger partial charge on any atom is 0.138 e. The smallest absolute Gasteiger partial charge is 0.138 e. The van der Waals surface area contributed by atoms with Crippen molar-refractivity contribution >= 4 is 15.9 Å². The highest BCUT2D eigenvalue weighted by atomic mass is 79.9. The number of aryl methyl sites for hydroxylation is 3. The van der Waals surface area contributed by atoms with Gasteiger partial charge in [-0.05, 0) is 42.8 Å². The maximum absolute atomic E-state index is 10.5. The van der Waals surface area contributed by atoms with Crippen LogP contribution in [0.15, 0.2) is 16.7 Å². The summed E-state index contributed by atoms with van der Waals surface area (Å²) in [4.78, 5) is 0. The Labute approximate surface area is 115 Å². The lowest BCUT2D eigenvalue weighted by Crippen LogP contribution is -2.14. The third-order valence-electron chi connectivity index (χ3n) is 2.90. The zero-order valence-corrected chi connectivity index (χ0v) is 12.3. The molecule has 1 unspecified atom stereocenters. The van der Waals surface area contributed by atoms with E-state index in [0.29, 0.717) is 0 Å². The fraction of sp³-hybridized carbons (Fsp3) is 0.500. The van der Waals surface area contributed by atoms with Gasteiger partial charge in [-0.1, -0.05) is 0 Å². The molecule has 0 amide bonds. The van der Waals surface area contributed by atoms with Gasteiger partial charge in [-0.25, -0.2) is 0 Å². The van der Waals surface area contributed by atoms with Crippen molar-refractivity contribution in [3.8, 4) is 0 Å². The van der Waals surface area contributed by atoms with E-state index >= 15 is 0 Å². The number of aliphatic hydroxyl groups excluding tert-OH is 1. The SMILES string of the molecule is CCn1nc(C)cc1C(O)c1c(Br)cnn1CC. The highest BCUT2D eigenvalue weighted by Crippen LogP contribution is 2.28. The fourth-order valence-electron chi connectivity index (χ4n) is 2.07. The molecule has 0 aliphatic carbocycles. The summed E-state index contributed by atoms with van der Waals surface area (Å²) < 4.78 is 4.43. The molecule has 18 heavy (non-hydrogen) atoms. The average Bonchev–Trinajstić information content (AvgIpc) is 2.91. The maximum atomic E-state index is 10.5. The van der Waals surface area contributed by atoms with Crippen LogP contribution in [0.4, 0.5) is 0 Å². The van der Waals surface area contributed by atoms with Gasteiger partial charge >= 0.3 is 0 Å². The summed E-state index contributed by atoms with van der Waals surface area (Å²) in [5, 5.41) is 19.1. The molecule has 0 aliphatic heterocycles. The van der Waals surface area contributed by atoms with Gasteiger partial charge in [-0.15, -0.1) is 0 Å². The van der Waals surface area contributed by atoms with Crippen LogP contribution in [-0.4, -0.2) is 24.7 Å². The van der Waals surface area contributed by atoms with Gasteiger partial charge in [0, 0.05) is 13.1 Å². The summed E-state index contributed by atoms with van der Waals surface area (Å²) in [5.74, 6) is 0. The van der Waals surface area contributed by atoms with Crippen LogP contribution in [0.5, 0.6) is 0 Å². The minimum Gasteiger partial charge on any atom is -0.380 e. The zero-order chi connectivity index (χ0) is 13.3. The third kappa shape index (κ3) is 2.22. The molecule has 0 saturated heterocycles. The van der Waals surface area contributed by atoms with Crippen LogP contribution in [0.2, 0.25) is 0 Å². The third-order valence-corrected chi connectivity index (χ3v) is 3.52. The average molecular weight is 313 g/mol. The fourth-order valence-corrected chi connectivity index (χ4v) is 2.59. The van der Waals surface area contributed by atoms with E-state index in [4.69, 9.17) is 0 Å². The minimum absolute atomic E-state index is 0.719. The number of aromatic nitrogens is 4. The number of hydrogen-bond acceptors (Lipinski definition) is 3. The monoisotopic (exact) mass is 312 g/mol. The standard InChI is InChI=1S/C12H17BrN4O/c1-4-16-10(6-8(3)15-16)12(18)11-9(13)7-14-17(11)5-2/h6-7,12,18H,4-5H2,1-3H3. The van der Waals surface area contributed by atoms with Crippen LogP contribution >= 0.6 is 15.9 Å². The molecule has 0 aliphatic rings. The van der Waals surface area contributed by atoms with Gasteiger partial charge < -0.3 is 5.11 Å². The van der Waals surface area contributed by atoms with E-state index in [0.717, 1.165) is 34.6 Å². The Bertz CT molecular complexity index is 546. The van der Waals surface area contributed by atoms with E-state index in [9.17, 15) is 5.11 Å². The van der Waals surface area contributed by atoms with Crippen molar-refractivity contribution in [1.82, 2.24) is 19.6 Å². The van der Waals surface area contributed by atoms with Crippen molar-refractivity contribution in [2.45, 2.75) is 40.0 Å². The second-order valence-electron chi connectivity index (χ2n) is 4.12. The summed E-state index contributed by atoms with van der Waals surface area (Å²) >= 11 is 3.44. The van der Waals surface area contributed by atoms with Crippen LogP contribution in [0.3, 0.4) is 0 Å². The molecular weight excluding hydrogens is 296 g/mol. The van der Waals surface area contributed by atoms with Gasteiger partial charge in [0.2, 0.25) is 0 Å². The second-order valence-corrected chi connectivity index (χ2v) is 4.98. The van der Waals surface area contributed by atoms with Crippen LogP contribution in [-0.2, 0) is 13.1 Å². The summed E-state index contributed by atoms with van der Waals surface area (Å²) in [6, 6.07) is 1.91. The first-order chi connectivity index (χ1) is 8.58. The highest BCUT2D eigenvalue weighted by molar-refractivity contribution is 9.10. The van der Waals surface area contributed by atoms with Gasteiger partial charge in [0.25, 0.3) is 0 Å². The van der Waals surface area contributed by atoms with Crippen molar-refractivity contribution in [1.29, 1.82) is 0 Å². The van der Waals surface area contributed by atoms with Crippen molar-refractivity contribution in [3.05, 3.63) is 33.8 Å². The van der Waals surface area contributed by atoms with E-state index in [-0.39, 0.29) is 0 Å². The van der Waals surface area contributed by atoms with E-state index < -0.39 is 6.10 Å². The van der Waals surface area contributed by atoms with Gasteiger partial charge in [0.1, 0.15) is 6.10 Å². The molecule has 0 bridgehead atoms. The van der Waals surface area contributed by atoms with Crippen LogP contribution in [0, 0.1) is 6.92 Å². The van der Waals surface area contributed by atoms with E-state index in [1.165, 1.54) is 0 Å². The molecule has 2 heterocycles. The first kappa shape index (κ1) is 13.3. The molecule has 0 fully saturated rings. The van der Waals surface area contributed by atoms with Gasteiger partial charge in [-0.2, -0.15) is 10.2 Å². The van der Waals surface area contributed by atoms with Gasteiger partial charge in [0.15, 0.2) is 0 Å². The lowest BCUT2D eigenvalue weighted by atomic mass is 10.1. The Morgan fingerprint density at radius 2 is 2.00 bits per heavy atom. The number of aliphatic hydroxyl groups is 1. The normalized spacial score (nSPS) is 12.9. The Hall–Kier alpha value is -1.14.